The van der Waals surface area contributed by atoms with Gasteiger partial charge < -0.3 is 15.5 Å². The number of anilines is 2. The van der Waals surface area contributed by atoms with Crippen LogP contribution in [0.1, 0.15) is 41.7 Å². The van der Waals surface area contributed by atoms with Crippen LogP contribution in [-0.2, 0) is 6.18 Å². The van der Waals surface area contributed by atoms with Gasteiger partial charge in [0.05, 0.1) is 0 Å². The third kappa shape index (κ3) is 4.51. The second-order valence-electron chi connectivity index (χ2n) is 8.16. The summed E-state index contributed by atoms with van der Waals surface area (Å²) in [5.74, 6) is 0.573. The average Bonchev–Trinajstić information content (AvgIpc) is 3.24. The number of alkyl halides is 3. The first kappa shape index (κ1) is 22.0. The second kappa shape index (κ2) is 8.72. The predicted molar refractivity (Wildman–Crippen MR) is 118 cm³/mol. The number of aromatic nitrogens is 2. The van der Waals surface area contributed by atoms with Crippen LogP contribution in [0.15, 0.2) is 48.7 Å². The molecule has 0 aliphatic heterocycles. The molecule has 170 valence electrons. The maximum Gasteiger partial charge on any atom is 0.434 e. The molecule has 1 saturated carbocycles. The monoisotopic (exact) mass is 445 g/mol. The van der Waals surface area contributed by atoms with Crippen LogP contribution in [0, 0.1) is 0 Å². The predicted octanol–water partition coefficient (Wildman–Crippen LogP) is 4.57. The lowest BCUT2D eigenvalue weighted by Crippen LogP contribution is -2.43. The van der Waals surface area contributed by atoms with Gasteiger partial charge in [-0.2, -0.15) is 13.2 Å². The van der Waals surface area contributed by atoms with Crippen molar-refractivity contribution in [2.24, 2.45) is 0 Å². The minimum Gasteiger partial charge on any atom is -0.388 e. The van der Waals surface area contributed by atoms with Crippen LogP contribution >= 0.6 is 0 Å². The Kier molecular flexibility index (Phi) is 5.99. The van der Waals surface area contributed by atoms with Crippen LogP contribution < -0.4 is 15.5 Å². The van der Waals surface area contributed by atoms with Gasteiger partial charge in [0.15, 0.2) is 5.69 Å². The van der Waals surface area contributed by atoms with Crippen molar-refractivity contribution < 1.29 is 18.0 Å². The lowest BCUT2D eigenvalue weighted by molar-refractivity contribution is -0.140. The molecule has 6 nitrogen and oxygen atoms in total. The number of fused-ring (bicyclic) bond motifs is 1. The van der Waals surface area contributed by atoms with E-state index in [4.69, 9.17) is 0 Å². The van der Waals surface area contributed by atoms with Crippen molar-refractivity contribution in [2.75, 3.05) is 24.3 Å². The molecular weight excluding hydrogens is 419 g/mol. The summed E-state index contributed by atoms with van der Waals surface area (Å²) in [6.45, 7) is 0. The number of rotatable bonds is 5. The minimum absolute atomic E-state index is 0.0752. The molecule has 1 amide bonds. The zero-order valence-corrected chi connectivity index (χ0v) is 18.0. The maximum absolute atomic E-state index is 13.1. The van der Waals surface area contributed by atoms with Crippen molar-refractivity contribution in [3.05, 3.63) is 59.9 Å². The quantitative estimate of drug-likeness (QED) is 0.604. The molecule has 0 atom stereocenters. The molecule has 3 aromatic rings. The second-order valence-corrected chi connectivity index (χ2v) is 8.16. The normalized spacial score (nSPS) is 19.0. The number of imidazole rings is 1. The molecule has 2 aromatic heterocycles. The third-order valence-electron chi connectivity index (χ3n) is 6.12. The minimum atomic E-state index is -4.48. The van der Waals surface area contributed by atoms with Gasteiger partial charge in [-0.3, -0.25) is 9.20 Å². The summed E-state index contributed by atoms with van der Waals surface area (Å²) in [4.78, 5) is 18.3. The summed E-state index contributed by atoms with van der Waals surface area (Å²) < 4.78 is 40.8. The SMILES string of the molecule is CNc1cccc(C(=O)N[C@H]2CC[C@@H](N(C)c3cccc4nc(C(F)(F)F)cn34)CC2)c1. The van der Waals surface area contributed by atoms with Gasteiger partial charge in [-0.15, -0.1) is 0 Å². The Morgan fingerprint density at radius 3 is 2.53 bits per heavy atom. The number of pyridine rings is 1. The highest BCUT2D eigenvalue weighted by Gasteiger charge is 2.34. The molecule has 1 aromatic carbocycles. The van der Waals surface area contributed by atoms with Gasteiger partial charge in [-0.05, 0) is 56.0 Å². The number of nitrogens with zero attached hydrogens (tertiary/aromatic N) is 3. The third-order valence-corrected chi connectivity index (χ3v) is 6.12. The molecule has 0 bridgehead atoms. The Hall–Kier alpha value is -3.23. The fraction of sp³-hybridized carbons (Fsp3) is 0.391. The molecule has 2 N–H and O–H groups in total. The van der Waals surface area contributed by atoms with Crippen LogP contribution in [0.4, 0.5) is 24.7 Å². The van der Waals surface area contributed by atoms with Crippen LogP contribution in [0.3, 0.4) is 0 Å². The maximum atomic E-state index is 13.1. The van der Waals surface area contributed by atoms with Gasteiger partial charge in [0.1, 0.15) is 11.5 Å². The molecular formula is C23H26F3N5O. The highest BCUT2D eigenvalue weighted by molar-refractivity contribution is 5.95. The Labute approximate surface area is 184 Å². The molecule has 0 saturated heterocycles. The van der Waals surface area contributed by atoms with Crippen molar-refractivity contribution >= 4 is 23.1 Å². The van der Waals surface area contributed by atoms with E-state index in [9.17, 15) is 18.0 Å². The number of hydrogen-bond acceptors (Lipinski definition) is 4. The Balaban J connectivity index is 1.41. The van der Waals surface area contributed by atoms with Gasteiger partial charge in [0.25, 0.3) is 5.91 Å². The van der Waals surface area contributed by atoms with Crippen molar-refractivity contribution in [1.29, 1.82) is 0 Å². The molecule has 2 heterocycles. The van der Waals surface area contributed by atoms with E-state index in [1.165, 1.54) is 4.40 Å². The van der Waals surface area contributed by atoms with Crippen molar-refractivity contribution in [3.8, 4) is 0 Å². The number of amides is 1. The largest absolute Gasteiger partial charge is 0.434 e. The van der Waals surface area contributed by atoms with E-state index in [2.05, 4.69) is 15.6 Å². The van der Waals surface area contributed by atoms with E-state index in [0.29, 0.717) is 11.4 Å². The lowest BCUT2D eigenvalue weighted by Gasteiger charge is -2.36. The van der Waals surface area contributed by atoms with E-state index < -0.39 is 11.9 Å². The van der Waals surface area contributed by atoms with Gasteiger partial charge in [-0.1, -0.05) is 12.1 Å². The van der Waals surface area contributed by atoms with Gasteiger partial charge in [0.2, 0.25) is 0 Å². The van der Waals surface area contributed by atoms with Crippen LogP contribution in [-0.4, -0.2) is 41.5 Å². The number of carbonyl (C=O) groups excluding carboxylic acids is 1. The van der Waals surface area contributed by atoms with Crippen molar-refractivity contribution in [1.82, 2.24) is 14.7 Å². The smallest absolute Gasteiger partial charge is 0.388 e. The number of hydrogen-bond donors (Lipinski definition) is 2. The molecule has 32 heavy (non-hydrogen) atoms. The number of carbonyl (C=O) groups is 1. The van der Waals surface area contributed by atoms with Crippen molar-refractivity contribution in [2.45, 2.75) is 43.9 Å². The topological polar surface area (TPSA) is 61.7 Å². The summed E-state index contributed by atoms with van der Waals surface area (Å²) in [7, 11) is 3.71. The zero-order chi connectivity index (χ0) is 22.9. The van der Waals surface area contributed by atoms with Gasteiger partial charge >= 0.3 is 6.18 Å². The lowest BCUT2D eigenvalue weighted by atomic mass is 9.90. The molecule has 9 heteroatoms. The number of nitrogens with one attached hydrogen (secondary N) is 2. The van der Waals surface area contributed by atoms with E-state index >= 15 is 0 Å². The molecule has 1 aliphatic carbocycles. The molecule has 0 spiro atoms. The number of halogens is 3. The summed E-state index contributed by atoms with van der Waals surface area (Å²) in [6.07, 6.45) is -0.165. The van der Waals surface area contributed by atoms with Crippen LogP contribution in [0.5, 0.6) is 0 Å². The Morgan fingerprint density at radius 2 is 1.84 bits per heavy atom. The molecule has 0 unspecified atom stereocenters. The van der Waals surface area contributed by atoms with Gasteiger partial charge in [0, 0.05) is 43.6 Å². The highest BCUT2D eigenvalue weighted by Crippen LogP contribution is 2.31. The van der Waals surface area contributed by atoms with Gasteiger partial charge in [-0.25, -0.2) is 4.98 Å². The van der Waals surface area contributed by atoms with E-state index in [1.807, 2.05) is 37.2 Å². The zero-order valence-electron chi connectivity index (χ0n) is 18.0. The first-order valence-electron chi connectivity index (χ1n) is 10.6. The first-order valence-corrected chi connectivity index (χ1v) is 10.6. The van der Waals surface area contributed by atoms with Crippen LogP contribution in [0.2, 0.25) is 0 Å². The van der Waals surface area contributed by atoms with Crippen molar-refractivity contribution in [3.63, 3.8) is 0 Å². The average molecular weight is 445 g/mol. The summed E-state index contributed by atoms with van der Waals surface area (Å²) >= 11 is 0. The molecule has 4 rings (SSSR count). The van der Waals surface area contributed by atoms with E-state index in [-0.39, 0.29) is 23.6 Å². The summed E-state index contributed by atoms with van der Waals surface area (Å²) in [5, 5.41) is 6.14. The first-order chi connectivity index (χ1) is 15.3. The fourth-order valence-corrected chi connectivity index (χ4v) is 4.30. The van der Waals surface area contributed by atoms with Crippen LogP contribution in [0.25, 0.3) is 5.65 Å². The fourth-order valence-electron chi connectivity index (χ4n) is 4.30. The number of benzene rings is 1. The standard InChI is InChI=1S/C23H26F3N5O/c1-27-17-6-3-5-15(13-17)22(32)28-16-9-11-18(12-10-16)30(2)21-8-4-7-20-29-19(14-31(20)21)23(24,25)26/h3-8,13-14,16,18,27H,9-12H2,1-2H3,(H,28,32)/t16-,18+. The summed E-state index contributed by atoms with van der Waals surface area (Å²) in [5.41, 5.74) is 0.868. The Bertz CT molecular complexity index is 1100. The molecule has 1 aliphatic rings. The molecule has 1 fully saturated rings. The summed E-state index contributed by atoms with van der Waals surface area (Å²) in [6, 6.07) is 12.7. The molecule has 0 radical (unpaired) electrons. The van der Waals surface area contributed by atoms with E-state index in [0.717, 1.165) is 37.6 Å². The Morgan fingerprint density at radius 1 is 1.12 bits per heavy atom. The van der Waals surface area contributed by atoms with E-state index in [1.54, 1.807) is 24.3 Å². The highest BCUT2D eigenvalue weighted by atomic mass is 19.4.